The number of hydrogen-bond acceptors (Lipinski definition) is 10. The van der Waals surface area contributed by atoms with Gasteiger partial charge in [-0.05, 0) is 0 Å². The molecular weight excluding hydrogens is 384 g/mol. The predicted octanol–water partition coefficient (Wildman–Crippen LogP) is 1.16. The third kappa shape index (κ3) is 12.0. The van der Waals surface area contributed by atoms with Gasteiger partial charge in [0.25, 0.3) is 0 Å². The normalized spacial score (nSPS) is 12.6. The van der Waals surface area contributed by atoms with Crippen LogP contribution in [0.5, 0.6) is 0 Å². The Morgan fingerprint density at radius 2 is 1.08 bits per heavy atom. The maximum atomic E-state index is 11.5. The molecule has 26 heavy (non-hydrogen) atoms. The van der Waals surface area contributed by atoms with Crippen molar-refractivity contribution in [2.24, 2.45) is 11.8 Å². The molecule has 0 aromatic heterocycles. The lowest BCUT2D eigenvalue weighted by Crippen LogP contribution is -2.19. The van der Waals surface area contributed by atoms with E-state index in [9.17, 15) is 19.2 Å². The average molecular weight is 411 g/mol. The second kappa shape index (κ2) is 14.7. The molecule has 0 saturated carbocycles. The molecule has 2 unspecified atom stereocenters. The molecule has 0 amide bonds. The van der Waals surface area contributed by atoms with E-state index < -0.39 is 11.9 Å². The van der Waals surface area contributed by atoms with Crippen LogP contribution < -0.4 is 0 Å². The van der Waals surface area contributed by atoms with Gasteiger partial charge in [-0.2, -0.15) is 0 Å². The van der Waals surface area contributed by atoms with Gasteiger partial charge < -0.3 is 18.9 Å². The molecule has 0 aromatic carbocycles. The van der Waals surface area contributed by atoms with Gasteiger partial charge in [0.05, 0.1) is 37.6 Å². The van der Waals surface area contributed by atoms with Crippen molar-refractivity contribution in [3.63, 3.8) is 0 Å². The summed E-state index contributed by atoms with van der Waals surface area (Å²) in [5, 5.41) is 0. The van der Waals surface area contributed by atoms with Gasteiger partial charge in [0.2, 0.25) is 0 Å². The van der Waals surface area contributed by atoms with Crippen LogP contribution in [-0.2, 0) is 38.1 Å². The van der Waals surface area contributed by atoms with Gasteiger partial charge in [-0.3, -0.25) is 19.2 Å². The second-order valence-electron chi connectivity index (χ2n) is 5.32. The SMILES string of the molecule is COC(=O)C(C)CSCC(=O)OCCOC(=O)CSCC(C)C(=O)OC. The lowest BCUT2D eigenvalue weighted by atomic mass is 10.2. The van der Waals surface area contributed by atoms with Crippen LogP contribution >= 0.6 is 23.5 Å². The van der Waals surface area contributed by atoms with E-state index in [-0.39, 0.29) is 48.5 Å². The number of thioether (sulfide) groups is 2. The molecule has 10 heteroatoms. The van der Waals surface area contributed by atoms with Crippen LogP contribution in [0.1, 0.15) is 13.8 Å². The first-order chi connectivity index (χ1) is 12.3. The zero-order chi connectivity index (χ0) is 19.9. The molecule has 0 rings (SSSR count). The molecule has 2 atom stereocenters. The molecule has 0 fully saturated rings. The van der Waals surface area contributed by atoms with E-state index in [0.29, 0.717) is 11.5 Å². The molecule has 0 heterocycles. The van der Waals surface area contributed by atoms with Gasteiger partial charge in [-0.1, -0.05) is 13.8 Å². The molecule has 0 spiro atoms. The molecule has 0 aliphatic carbocycles. The molecular formula is C16H26O8S2. The number of methoxy groups -OCH3 is 2. The van der Waals surface area contributed by atoms with Crippen molar-refractivity contribution < 1.29 is 38.1 Å². The first-order valence-electron chi connectivity index (χ1n) is 7.94. The van der Waals surface area contributed by atoms with E-state index in [0.717, 1.165) is 0 Å². The first-order valence-corrected chi connectivity index (χ1v) is 10.2. The van der Waals surface area contributed by atoms with Crippen molar-refractivity contribution in [2.45, 2.75) is 13.8 Å². The van der Waals surface area contributed by atoms with Gasteiger partial charge in [-0.25, -0.2) is 0 Å². The highest BCUT2D eigenvalue weighted by Crippen LogP contribution is 2.11. The molecule has 0 bridgehead atoms. The van der Waals surface area contributed by atoms with Gasteiger partial charge in [0.15, 0.2) is 0 Å². The number of esters is 4. The minimum absolute atomic E-state index is 0.0269. The van der Waals surface area contributed by atoms with Crippen molar-refractivity contribution in [3.8, 4) is 0 Å². The van der Waals surface area contributed by atoms with Crippen LogP contribution in [-0.4, -0.2) is 74.3 Å². The summed E-state index contributed by atoms with van der Waals surface area (Å²) in [6.07, 6.45) is 0. The lowest BCUT2D eigenvalue weighted by molar-refractivity contribution is -0.148. The van der Waals surface area contributed by atoms with Crippen LogP contribution in [0, 0.1) is 11.8 Å². The average Bonchev–Trinajstić information content (AvgIpc) is 2.63. The Hall–Kier alpha value is -1.42. The van der Waals surface area contributed by atoms with Crippen LogP contribution in [0.2, 0.25) is 0 Å². The zero-order valence-electron chi connectivity index (χ0n) is 15.5. The Morgan fingerprint density at radius 3 is 1.38 bits per heavy atom. The highest BCUT2D eigenvalue weighted by Gasteiger charge is 2.15. The Bertz CT molecular complexity index is 427. The van der Waals surface area contributed by atoms with Crippen LogP contribution in [0.3, 0.4) is 0 Å². The Balaban J connectivity index is 3.66. The molecule has 0 N–H and O–H groups in total. The van der Waals surface area contributed by atoms with Crippen molar-refractivity contribution in [1.82, 2.24) is 0 Å². The second-order valence-corrected chi connectivity index (χ2v) is 7.38. The fourth-order valence-corrected chi connectivity index (χ4v) is 3.29. The minimum atomic E-state index is -0.440. The molecule has 0 aromatic rings. The van der Waals surface area contributed by atoms with Crippen molar-refractivity contribution in [2.75, 3.05) is 50.4 Å². The van der Waals surface area contributed by atoms with E-state index in [4.69, 9.17) is 9.47 Å². The standard InChI is InChI=1S/C16H26O8S2/c1-11(15(19)21-3)7-25-9-13(17)23-5-6-24-14(18)10-26-8-12(2)16(20)22-4/h11-12H,5-10H2,1-4H3. The Labute approximate surface area is 162 Å². The van der Waals surface area contributed by atoms with E-state index in [1.807, 2.05) is 0 Å². The quantitative estimate of drug-likeness (QED) is 0.249. The van der Waals surface area contributed by atoms with Gasteiger partial charge in [0, 0.05) is 11.5 Å². The third-order valence-electron chi connectivity index (χ3n) is 2.99. The fourth-order valence-electron chi connectivity index (χ4n) is 1.57. The largest absolute Gasteiger partial charge is 0.469 e. The van der Waals surface area contributed by atoms with Crippen LogP contribution in [0.15, 0.2) is 0 Å². The maximum absolute atomic E-state index is 11.5. The Kier molecular flexibility index (Phi) is 13.9. The Morgan fingerprint density at radius 1 is 0.731 bits per heavy atom. The monoisotopic (exact) mass is 410 g/mol. The molecule has 150 valence electrons. The summed E-state index contributed by atoms with van der Waals surface area (Å²) in [6.45, 7) is 3.38. The smallest absolute Gasteiger partial charge is 0.316 e. The molecule has 0 aliphatic heterocycles. The van der Waals surface area contributed by atoms with Crippen LogP contribution in [0.4, 0.5) is 0 Å². The van der Waals surface area contributed by atoms with Gasteiger partial charge in [-0.15, -0.1) is 23.5 Å². The van der Waals surface area contributed by atoms with Crippen molar-refractivity contribution in [3.05, 3.63) is 0 Å². The summed E-state index contributed by atoms with van der Waals surface area (Å²) in [4.78, 5) is 45.4. The zero-order valence-corrected chi connectivity index (χ0v) is 17.1. The summed E-state index contributed by atoms with van der Waals surface area (Å²) < 4.78 is 19.0. The van der Waals surface area contributed by atoms with Crippen LogP contribution in [0.25, 0.3) is 0 Å². The number of ether oxygens (including phenoxy) is 4. The predicted molar refractivity (Wildman–Crippen MR) is 98.9 cm³/mol. The van der Waals surface area contributed by atoms with E-state index >= 15 is 0 Å². The highest BCUT2D eigenvalue weighted by atomic mass is 32.2. The maximum Gasteiger partial charge on any atom is 0.316 e. The molecule has 0 saturated heterocycles. The van der Waals surface area contributed by atoms with Gasteiger partial charge in [0.1, 0.15) is 13.2 Å². The summed E-state index contributed by atoms with van der Waals surface area (Å²) in [5.41, 5.74) is 0. The number of rotatable bonds is 13. The number of carbonyl (C=O) groups excluding carboxylic acids is 4. The fraction of sp³-hybridized carbons (Fsp3) is 0.750. The highest BCUT2D eigenvalue weighted by molar-refractivity contribution is 8.00. The van der Waals surface area contributed by atoms with Crippen molar-refractivity contribution >= 4 is 47.4 Å². The number of hydrogen-bond donors (Lipinski definition) is 0. The summed E-state index contributed by atoms with van der Waals surface area (Å²) >= 11 is 2.54. The summed E-state index contributed by atoms with van der Waals surface area (Å²) in [5.74, 6) is -0.985. The van der Waals surface area contributed by atoms with E-state index in [2.05, 4.69) is 9.47 Å². The number of carbonyl (C=O) groups is 4. The minimum Gasteiger partial charge on any atom is -0.469 e. The van der Waals surface area contributed by atoms with Crippen molar-refractivity contribution in [1.29, 1.82) is 0 Å². The molecule has 8 nitrogen and oxygen atoms in total. The summed E-state index contributed by atoms with van der Waals surface area (Å²) in [7, 11) is 2.63. The third-order valence-corrected chi connectivity index (χ3v) is 5.34. The van der Waals surface area contributed by atoms with E-state index in [1.165, 1.54) is 37.7 Å². The van der Waals surface area contributed by atoms with Gasteiger partial charge >= 0.3 is 23.9 Å². The summed E-state index contributed by atoms with van der Waals surface area (Å²) in [6, 6.07) is 0. The topological polar surface area (TPSA) is 105 Å². The molecule has 0 radical (unpaired) electrons. The molecule has 0 aliphatic rings. The lowest BCUT2D eigenvalue weighted by Gasteiger charge is -2.09. The first kappa shape index (κ1) is 24.6. The van der Waals surface area contributed by atoms with E-state index in [1.54, 1.807) is 13.8 Å².